The third-order valence-corrected chi connectivity index (χ3v) is 3.53. The minimum atomic E-state index is -4.18. The van der Waals surface area contributed by atoms with Gasteiger partial charge in [0.25, 0.3) is 0 Å². The second kappa shape index (κ2) is 8.80. The van der Waals surface area contributed by atoms with Gasteiger partial charge in [-0.2, -0.15) is 13.2 Å². The van der Waals surface area contributed by atoms with Gasteiger partial charge in [0, 0.05) is 18.5 Å². The summed E-state index contributed by atoms with van der Waals surface area (Å²) in [5.74, 6) is 1.15. The average Bonchev–Trinajstić information content (AvgIpc) is 2.51. The molecule has 24 heavy (non-hydrogen) atoms. The molecule has 0 heterocycles. The number of aliphatic imine (C=N–C) groups is 1. The summed E-state index contributed by atoms with van der Waals surface area (Å²) in [5, 5.41) is 5.68. The monoisotopic (exact) mass is 345 g/mol. The lowest BCUT2D eigenvalue weighted by Gasteiger charge is -2.24. The highest BCUT2D eigenvalue weighted by Crippen LogP contribution is 2.26. The number of rotatable bonds is 7. The van der Waals surface area contributed by atoms with Gasteiger partial charge in [-0.25, -0.2) is 0 Å². The van der Waals surface area contributed by atoms with Crippen molar-refractivity contribution in [3.05, 3.63) is 29.8 Å². The van der Waals surface area contributed by atoms with E-state index in [0.717, 1.165) is 11.3 Å². The SMILES string of the molecule is CCNC(=NCC(C)(C)c1cccc(OC)c1)NCCC(F)(F)F. The van der Waals surface area contributed by atoms with E-state index in [4.69, 9.17) is 4.74 Å². The maximum Gasteiger partial charge on any atom is 0.390 e. The lowest BCUT2D eigenvalue weighted by molar-refractivity contribution is -0.132. The van der Waals surface area contributed by atoms with Gasteiger partial charge in [0.15, 0.2) is 5.96 Å². The summed E-state index contributed by atoms with van der Waals surface area (Å²) in [7, 11) is 1.61. The van der Waals surface area contributed by atoms with Crippen molar-refractivity contribution in [3.8, 4) is 5.75 Å². The highest BCUT2D eigenvalue weighted by atomic mass is 19.4. The average molecular weight is 345 g/mol. The number of nitrogens with one attached hydrogen (secondary N) is 2. The van der Waals surface area contributed by atoms with Gasteiger partial charge >= 0.3 is 6.18 Å². The van der Waals surface area contributed by atoms with E-state index in [2.05, 4.69) is 15.6 Å². The van der Waals surface area contributed by atoms with Crippen molar-refractivity contribution in [1.82, 2.24) is 10.6 Å². The summed E-state index contributed by atoms with van der Waals surface area (Å²) in [6.45, 7) is 6.75. The Bertz CT molecular complexity index is 542. The zero-order valence-electron chi connectivity index (χ0n) is 14.6. The number of nitrogens with zero attached hydrogens (tertiary/aromatic N) is 1. The summed E-state index contributed by atoms with van der Waals surface area (Å²) >= 11 is 0. The zero-order valence-corrected chi connectivity index (χ0v) is 14.6. The smallest absolute Gasteiger partial charge is 0.390 e. The van der Waals surface area contributed by atoms with Gasteiger partial charge in [-0.3, -0.25) is 4.99 Å². The van der Waals surface area contributed by atoms with Crippen molar-refractivity contribution in [2.24, 2.45) is 4.99 Å². The van der Waals surface area contributed by atoms with Crippen molar-refractivity contribution < 1.29 is 17.9 Å². The van der Waals surface area contributed by atoms with E-state index < -0.39 is 12.6 Å². The first kappa shape index (κ1) is 20.1. The molecule has 0 saturated heterocycles. The first-order valence-electron chi connectivity index (χ1n) is 7.91. The van der Waals surface area contributed by atoms with Crippen LogP contribution in [0.4, 0.5) is 13.2 Å². The summed E-state index contributed by atoms with van der Waals surface area (Å²) in [4.78, 5) is 4.42. The van der Waals surface area contributed by atoms with Crippen LogP contribution >= 0.6 is 0 Å². The summed E-state index contributed by atoms with van der Waals surface area (Å²) in [6.07, 6.45) is -5.07. The predicted octanol–water partition coefficient (Wildman–Crippen LogP) is 3.48. The van der Waals surface area contributed by atoms with E-state index in [-0.39, 0.29) is 12.0 Å². The number of alkyl halides is 3. The number of guanidine groups is 1. The van der Waals surface area contributed by atoms with E-state index >= 15 is 0 Å². The number of hydrogen-bond donors (Lipinski definition) is 2. The predicted molar refractivity (Wildman–Crippen MR) is 90.7 cm³/mol. The molecule has 7 heteroatoms. The summed E-state index contributed by atoms with van der Waals surface area (Å²) < 4.78 is 42.0. The molecule has 0 unspecified atom stereocenters. The number of ether oxygens (including phenoxy) is 1. The molecule has 0 fully saturated rings. The van der Waals surface area contributed by atoms with Gasteiger partial charge in [-0.15, -0.1) is 0 Å². The molecular weight excluding hydrogens is 319 g/mol. The molecule has 0 aromatic heterocycles. The molecule has 1 aromatic rings. The summed E-state index contributed by atoms with van der Waals surface area (Å²) in [6, 6.07) is 7.71. The molecule has 0 radical (unpaired) electrons. The molecule has 0 aliphatic rings. The van der Waals surface area contributed by atoms with Crippen molar-refractivity contribution in [2.75, 3.05) is 26.7 Å². The maximum absolute atomic E-state index is 12.2. The molecule has 2 N–H and O–H groups in total. The fraction of sp³-hybridized carbons (Fsp3) is 0.588. The fourth-order valence-corrected chi connectivity index (χ4v) is 2.08. The van der Waals surface area contributed by atoms with Crippen LogP contribution in [0, 0.1) is 0 Å². The van der Waals surface area contributed by atoms with Crippen LogP contribution in [0.2, 0.25) is 0 Å². The molecule has 0 aliphatic carbocycles. The van der Waals surface area contributed by atoms with Gasteiger partial charge in [0.1, 0.15) is 5.75 Å². The minimum absolute atomic E-state index is 0.199. The van der Waals surface area contributed by atoms with Crippen LogP contribution in [-0.4, -0.2) is 38.9 Å². The number of methoxy groups -OCH3 is 1. The van der Waals surface area contributed by atoms with Crippen LogP contribution in [0.25, 0.3) is 0 Å². The first-order valence-corrected chi connectivity index (χ1v) is 7.91. The lowest BCUT2D eigenvalue weighted by Crippen LogP contribution is -2.40. The van der Waals surface area contributed by atoms with Crippen LogP contribution in [0.1, 0.15) is 32.8 Å². The van der Waals surface area contributed by atoms with Gasteiger partial charge in [-0.1, -0.05) is 26.0 Å². The Labute approximate surface area is 141 Å². The number of halogens is 3. The second-order valence-electron chi connectivity index (χ2n) is 6.10. The molecule has 136 valence electrons. The molecular formula is C17H26F3N3O. The standard InChI is InChI=1S/C17H26F3N3O/c1-5-21-15(22-10-9-17(18,19)20)23-12-16(2,3)13-7-6-8-14(11-13)24-4/h6-8,11H,5,9-10,12H2,1-4H3,(H2,21,22,23). The molecule has 0 amide bonds. The first-order chi connectivity index (χ1) is 11.2. The van der Waals surface area contributed by atoms with Gasteiger partial charge in [0.2, 0.25) is 0 Å². The largest absolute Gasteiger partial charge is 0.497 e. The lowest BCUT2D eigenvalue weighted by atomic mass is 9.85. The van der Waals surface area contributed by atoms with E-state index in [1.54, 1.807) is 7.11 Å². The number of benzene rings is 1. The van der Waals surface area contributed by atoms with E-state index in [1.165, 1.54) is 0 Å². The van der Waals surface area contributed by atoms with Gasteiger partial charge in [-0.05, 0) is 24.6 Å². The highest BCUT2D eigenvalue weighted by molar-refractivity contribution is 5.79. The maximum atomic E-state index is 12.2. The van der Waals surface area contributed by atoms with Gasteiger partial charge in [0.05, 0.1) is 20.1 Å². The minimum Gasteiger partial charge on any atom is -0.497 e. The molecule has 0 aliphatic heterocycles. The van der Waals surface area contributed by atoms with E-state index in [1.807, 2.05) is 45.0 Å². The molecule has 1 rings (SSSR count). The molecule has 0 spiro atoms. The molecule has 1 aromatic carbocycles. The quantitative estimate of drug-likeness (QED) is 0.587. The molecule has 0 saturated carbocycles. The van der Waals surface area contributed by atoms with Gasteiger partial charge < -0.3 is 15.4 Å². The van der Waals surface area contributed by atoms with Crippen LogP contribution in [0.15, 0.2) is 29.3 Å². The third-order valence-electron chi connectivity index (χ3n) is 3.53. The van der Waals surface area contributed by atoms with Crippen LogP contribution in [-0.2, 0) is 5.41 Å². The molecule has 0 atom stereocenters. The topological polar surface area (TPSA) is 45.7 Å². The Morgan fingerprint density at radius 2 is 1.92 bits per heavy atom. The van der Waals surface area contributed by atoms with E-state index in [0.29, 0.717) is 19.0 Å². The normalized spacial score (nSPS) is 12.9. The Kier molecular flexibility index (Phi) is 7.38. The summed E-state index contributed by atoms with van der Waals surface area (Å²) in [5.41, 5.74) is 0.776. The molecule has 0 bridgehead atoms. The van der Waals surface area contributed by atoms with Crippen molar-refractivity contribution in [2.45, 2.75) is 38.8 Å². The Morgan fingerprint density at radius 1 is 1.21 bits per heavy atom. The Balaban J connectivity index is 2.75. The van der Waals surface area contributed by atoms with Crippen molar-refractivity contribution in [1.29, 1.82) is 0 Å². The number of hydrogen-bond acceptors (Lipinski definition) is 2. The second-order valence-corrected chi connectivity index (χ2v) is 6.10. The Hall–Kier alpha value is -1.92. The van der Waals surface area contributed by atoms with Crippen molar-refractivity contribution in [3.63, 3.8) is 0 Å². The van der Waals surface area contributed by atoms with Crippen LogP contribution in [0.5, 0.6) is 5.75 Å². The molecule has 4 nitrogen and oxygen atoms in total. The Morgan fingerprint density at radius 3 is 2.50 bits per heavy atom. The van der Waals surface area contributed by atoms with Crippen LogP contribution in [0.3, 0.4) is 0 Å². The van der Waals surface area contributed by atoms with E-state index in [9.17, 15) is 13.2 Å². The third kappa shape index (κ3) is 7.10. The fourth-order valence-electron chi connectivity index (χ4n) is 2.08. The van der Waals surface area contributed by atoms with Crippen molar-refractivity contribution >= 4 is 5.96 Å². The van der Waals surface area contributed by atoms with Crippen LogP contribution < -0.4 is 15.4 Å². The highest BCUT2D eigenvalue weighted by Gasteiger charge is 2.26. The zero-order chi connectivity index (χ0) is 18.2.